The molecule has 1 heterocycles. The van der Waals surface area contributed by atoms with Gasteiger partial charge < -0.3 is 13.7 Å². The van der Waals surface area contributed by atoms with Crippen molar-refractivity contribution in [2.24, 2.45) is 0 Å². The Kier molecular flexibility index (Phi) is 6.24. The average Bonchev–Trinajstić information content (AvgIpc) is 2.91. The molecule has 2 rings (SSSR count). The van der Waals surface area contributed by atoms with Crippen LogP contribution in [0, 0.1) is 6.92 Å². The molecule has 1 aromatic heterocycles. The summed E-state index contributed by atoms with van der Waals surface area (Å²) in [4.78, 5) is 4.51. The number of rotatable bonds is 7. The summed E-state index contributed by atoms with van der Waals surface area (Å²) in [5.74, 6) is 0.955. The van der Waals surface area contributed by atoms with Crippen LogP contribution in [0.15, 0.2) is 36.5 Å². The summed E-state index contributed by atoms with van der Waals surface area (Å²) in [5, 5.41) is 0.192. The van der Waals surface area contributed by atoms with E-state index in [1.165, 1.54) is 5.56 Å². The van der Waals surface area contributed by atoms with Crippen LogP contribution < -0.4 is 0 Å². The molecule has 1 unspecified atom stereocenters. The highest BCUT2D eigenvalue weighted by Crippen LogP contribution is 2.37. The fourth-order valence-electron chi connectivity index (χ4n) is 2.57. The summed E-state index contributed by atoms with van der Waals surface area (Å²) in [6.45, 7) is 13.9. The molecule has 0 aliphatic carbocycles. The van der Waals surface area contributed by atoms with Gasteiger partial charge in [-0.2, -0.15) is 0 Å². The zero-order valence-corrected chi connectivity index (χ0v) is 17.7. The molecule has 5 heteroatoms. The lowest BCUT2D eigenvalue weighted by atomic mass is 10.1. The van der Waals surface area contributed by atoms with E-state index in [9.17, 15) is 0 Å². The third kappa shape index (κ3) is 4.81. The van der Waals surface area contributed by atoms with Crippen molar-refractivity contribution in [3.63, 3.8) is 0 Å². The number of aromatic nitrogens is 2. The van der Waals surface area contributed by atoms with E-state index in [0.29, 0.717) is 6.61 Å². The van der Waals surface area contributed by atoms with Gasteiger partial charge in [-0.3, -0.25) is 0 Å². The molecule has 0 aliphatic rings. The molecule has 0 saturated carbocycles. The van der Waals surface area contributed by atoms with Crippen molar-refractivity contribution < 1.29 is 9.16 Å². The third-order valence-corrected chi connectivity index (χ3v) is 9.74. The number of aryl methyl sites for hydroxylation is 1. The highest BCUT2D eigenvalue weighted by atomic mass is 28.4. The number of methoxy groups -OCH3 is 1. The van der Waals surface area contributed by atoms with E-state index in [-0.39, 0.29) is 11.3 Å². The van der Waals surface area contributed by atoms with Crippen LogP contribution >= 0.6 is 0 Å². The largest absolute Gasteiger partial charge is 0.411 e. The fourth-order valence-corrected chi connectivity index (χ4v) is 3.51. The normalized spacial score (nSPS) is 13.9. The van der Waals surface area contributed by atoms with Gasteiger partial charge in [0.15, 0.2) is 8.32 Å². The fraction of sp³-hybridized carbons (Fsp3) is 0.550. The lowest BCUT2D eigenvalue weighted by Gasteiger charge is -2.36. The Morgan fingerprint density at radius 2 is 1.80 bits per heavy atom. The molecular formula is C20H32N2O2Si. The molecule has 138 valence electrons. The summed E-state index contributed by atoms with van der Waals surface area (Å²) in [5.41, 5.74) is 2.32. The second-order valence-electron chi connectivity index (χ2n) is 8.10. The molecular weight excluding hydrogens is 328 g/mol. The molecule has 25 heavy (non-hydrogen) atoms. The van der Waals surface area contributed by atoms with E-state index >= 15 is 0 Å². The van der Waals surface area contributed by atoms with Crippen LogP contribution in [0.1, 0.15) is 44.1 Å². The summed E-state index contributed by atoms with van der Waals surface area (Å²) in [6.07, 6.45) is 2.64. The first-order valence-electron chi connectivity index (χ1n) is 8.89. The Morgan fingerprint density at radius 1 is 1.16 bits per heavy atom. The zero-order valence-electron chi connectivity index (χ0n) is 16.7. The van der Waals surface area contributed by atoms with Gasteiger partial charge in [0.05, 0.1) is 18.5 Å². The molecule has 0 spiro atoms. The molecule has 1 atom stereocenters. The second-order valence-corrected chi connectivity index (χ2v) is 12.9. The van der Waals surface area contributed by atoms with Crippen molar-refractivity contribution >= 4 is 8.32 Å². The Balaban J connectivity index is 2.19. The van der Waals surface area contributed by atoms with Crippen LogP contribution in [-0.4, -0.2) is 25.0 Å². The van der Waals surface area contributed by atoms with Gasteiger partial charge in [0, 0.05) is 13.5 Å². The summed E-state index contributed by atoms with van der Waals surface area (Å²) >= 11 is 0. The molecule has 0 N–H and O–H groups in total. The Hall–Kier alpha value is -1.43. The van der Waals surface area contributed by atoms with E-state index in [2.05, 4.69) is 67.7 Å². The van der Waals surface area contributed by atoms with Crippen LogP contribution in [0.25, 0.3) is 0 Å². The van der Waals surface area contributed by atoms with Gasteiger partial charge >= 0.3 is 0 Å². The summed E-state index contributed by atoms with van der Waals surface area (Å²) in [6, 6.07) is 10.4. The maximum Gasteiger partial charge on any atom is 0.192 e. The molecule has 0 fully saturated rings. The Morgan fingerprint density at radius 3 is 2.36 bits per heavy atom. The van der Waals surface area contributed by atoms with E-state index in [4.69, 9.17) is 9.16 Å². The predicted molar refractivity (Wildman–Crippen MR) is 105 cm³/mol. The van der Waals surface area contributed by atoms with E-state index in [0.717, 1.165) is 17.9 Å². The highest BCUT2D eigenvalue weighted by molar-refractivity contribution is 6.74. The number of ether oxygens (including phenoxy) is 1. The van der Waals surface area contributed by atoms with Gasteiger partial charge in [-0.15, -0.1) is 0 Å². The minimum absolute atomic E-state index is 0.0806. The highest BCUT2D eigenvalue weighted by Gasteiger charge is 2.37. The van der Waals surface area contributed by atoms with Crippen molar-refractivity contribution in [2.45, 2.75) is 65.1 Å². The van der Waals surface area contributed by atoms with Gasteiger partial charge in [0.25, 0.3) is 0 Å². The van der Waals surface area contributed by atoms with E-state index in [1.54, 1.807) is 7.11 Å². The van der Waals surface area contributed by atoms with Crippen LogP contribution in [0.2, 0.25) is 18.1 Å². The Bertz CT molecular complexity index is 675. The molecule has 0 aliphatic heterocycles. The van der Waals surface area contributed by atoms with Gasteiger partial charge in [-0.1, -0.05) is 51.1 Å². The SMILES string of the molecule is COC(Cc1ccccc1)n1c(CO[Si](C)(C)C(C)(C)C)cnc1C. The molecule has 2 aromatic rings. The first-order valence-corrected chi connectivity index (χ1v) is 11.8. The Labute approximate surface area is 153 Å². The maximum absolute atomic E-state index is 6.40. The molecule has 0 radical (unpaired) electrons. The molecule has 4 nitrogen and oxygen atoms in total. The van der Waals surface area contributed by atoms with Crippen LogP contribution in [-0.2, 0) is 22.2 Å². The molecule has 0 saturated heterocycles. The summed E-state index contributed by atoms with van der Waals surface area (Å²) in [7, 11) is -0.0469. The van der Waals surface area contributed by atoms with Crippen LogP contribution in [0.5, 0.6) is 0 Å². The lowest BCUT2D eigenvalue weighted by molar-refractivity contribution is 0.0382. The number of imidazole rings is 1. The van der Waals surface area contributed by atoms with Gasteiger partial charge in [0.1, 0.15) is 12.1 Å². The quantitative estimate of drug-likeness (QED) is 0.644. The van der Waals surface area contributed by atoms with Gasteiger partial charge in [-0.05, 0) is 30.6 Å². The topological polar surface area (TPSA) is 36.3 Å². The number of hydrogen-bond donors (Lipinski definition) is 0. The standard InChI is InChI=1S/C20H32N2O2Si/c1-16-21-14-18(15-24-25(6,7)20(2,3)4)22(16)19(23-5)13-17-11-9-8-10-12-17/h8-12,14,19H,13,15H2,1-7H3. The average molecular weight is 361 g/mol. The van der Waals surface area contributed by atoms with Crippen molar-refractivity contribution in [2.75, 3.05) is 7.11 Å². The second kappa shape index (κ2) is 7.85. The minimum Gasteiger partial charge on any atom is -0.411 e. The monoisotopic (exact) mass is 360 g/mol. The smallest absolute Gasteiger partial charge is 0.192 e. The number of nitrogens with zero attached hydrogens (tertiary/aromatic N) is 2. The van der Waals surface area contributed by atoms with E-state index < -0.39 is 8.32 Å². The molecule has 0 bridgehead atoms. The number of hydrogen-bond acceptors (Lipinski definition) is 3. The third-order valence-electron chi connectivity index (χ3n) is 5.26. The predicted octanol–water partition coefficient (Wildman–Crippen LogP) is 5.10. The van der Waals surface area contributed by atoms with Crippen molar-refractivity contribution in [3.05, 3.63) is 53.6 Å². The number of benzene rings is 1. The van der Waals surface area contributed by atoms with Gasteiger partial charge in [0.2, 0.25) is 0 Å². The lowest BCUT2D eigenvalue weighted by Crippen LogP contribution is -2.40. The summed E-state index contributed by atoms with van der Waals surface area (Å²) < 4.78 is 14.4. The van der Waals surface area contributed by atoms with E-state index in [1.807, 2.05) is 19.2 Å². The van der Waals surface area contributed by atoms with Crippen molar-refractivity contribution in [1.29, 1.82) is 0 Å². The van der Waals surface area contributed by atoms with Crippen LogP contribution in [0.3, 0.4) is 0 Å². The van der Waals surface area contributed by atoms with Crippen molar-refractivity contribution in [3.8, 4) is 0 Å². The van der Waals surface area contributed by atoms with Gasteiger partial charge in [-0.25, -0.2) is 4.98 Å². The molecule has 1 aromatic carbocycles. The zero-order chi connectivity index (χ0) is 18.7. The van der Waals surface area contributed by atoms with Crippen molar-refractivity contribution in [1.82, 2.24) is 9.55 Å². The first-order chi connectivity index (χ1) is 11.7. The van der Waals surface area contributed by atoms with Crippen LogP contribution in [0.4, 0.5) is 0 Å². The molecule has 0 amide bonds. The first kappa shape index (κ1) is 19.9. The maximum atomic E-state index is 6.40. The minimum atomic E-state index is -1.80.